The van der Waals surface area contributed by atoms with Crippen LogP contribution in [0.3, 0.4) is 0 Å². The van der Waals surface area contributed by atoms with E-state index in [0.29, 0.717) is 5.69 Å². The number of para-hydroxylation sites is 1. The molecule has 0 amide bonds. The number of carbonyl (C=O) groups excluding carboxylic acids is 3. The standard InChI is InChI=1S/C24H26N4O9/c1-13(29)34-12-19-21(35-14(2)30)22(36-15(3)31)23(37-19)27-10-9-20(32)28(24(27)33)11-17-16-7-5-6-8-18(16)26(4)25-17/h5-10,19,21-23H,11-12H2,1-4H3/t19?,21?,22-,23?/m0/s1. The summed E-state index contributed by atoms with van der Waals surface area (Å²) in [5.74, 6) is -2.02. The van der Waals surface area contributed by atoms with E-state index in [-0.39, 0.29) is 13.2 Å². The van der Waals surface area contributed by atoms with Gasteiger partial charge in [0.05, 0.1) is 17.8 Å². The van der Waals surface area contributed by atoms with Gasteiger partial charge in [0.25, 0.3) is 5.56 Å². The molecule has 4 rings (SSSR count). The van der Waals surface area contributed by atoms with Gasteiger partial charge < -0.3 is 18.9 Å². The van der Waals surface area contributed by atoms with Crippen molar-refractivity contribution in [3.05, 3.63) is 63.1 Å². The van der Waals surface area contributed by atoms with Gasteiger partial charge in [0.15, 0.2) is 18.4 Å². The minimum absolute atomic E-state index is 0.130. The Morgan fingerprint density at radius 3 is 2.32 bits per heavy atom. The molecule has 4 atom stereocenters. The van der Waals surface area contributed by atoms with Gasteiger partial charge in [0, 0.05) is 45.5 Å². The maximum absolute atomic E-state index is 13.5. The maximum Gasteiger partial charge on any atom is 0.333 e. The Balaban J connectivity index is 1.75. The second-order valence-corrected chi connectivity index (χ2v) is 8.53. The molecule has 37 heavy (non-hydrogen) atoms. The smallest absolute Gasteiger partial charge is 0.333 e. The third-order valence-corrected chi connectivity index (χ3v) is 5.85. The molecule has 1 aliphatic rings. The molecule has 1 fully saturated rings. The largest absolute Gasteiger partial charge is 0.463 e. The number of carbonyl (C=O) groups is 3. The number of hydrogen-bond acceptors (Lipinski definition) is 10. The SMILES string of the molecule is CC(=O)OCC1OC(n2ccc(=O)n(Cc3nn(C)c4ccccc34)c2=O)[C@@H](OC(C)=O)C1OC(C)=O. The number of ether oxygens (including phenoxy) is 4. The molecule has 3 unspecified atom stereocenters. The molecule has 3 heterocycles. The first-order valence-electron chi connectivity index (χ1n) is 11.4. The first-order chi connectivity index (χ1) is 17.6. The number of nitrogens with zero attached hydrogens (tertiary/aromatic N) is 4. The van der Waals surface area contributed by atoms with Crippen molar-refractivity contribution in [2.45, 2.75) is 51.9 Å². The van der Waals surface area contributed by atoms with E-state index in [9.17, 15) is 24.0 Å². The second-order valence-electron chi connectivity index (χ2n) is 8.53. The molecular weight excluding hydrogens is 488 g/mol. The van der Waals surface area contributed by atoms with Crippen LogP contribution in [0.15, 0.2) is 46.1 Å². The van der Waals surface area contributed by atoms with Crippen LogP contribution >= 0.6 is 0 Å². The molecule has 196 valence electrons. The van der Waals surface area contributed by atoms with Crippen LogP contribution in [-0.2, 0) is 46.9 Å². The van der Waals surface area contributed by atoms with Gasteiger partial charge in [-0.2, -0.15) is 5.10 Å². The molecule has 13 nitrogen and oxygen atoms in total. The van der Waals surface area contributed by atoms with Crippen LogP contribution < -0.4 is 11.2 Å². The first kappa shape index (κ1) is 25.8. The molecule has 0 N–H and O–H groups in total. The van der Waals surface area contributed by atoms with E-state index in [4.69, 9.17) is 18.9 Å². The van der Waals surface area contributed by atoms with Gasteiger partial charge in [0.1, 0.15) is 12.7 Å². The Hall–Kier alpha value is -4.26. The summed E-state index contributed by atoms with van der Waals surface area (Å²) in [6.07, 6.45) is -3.57. The minimum atomic E-state index is -1.28. The fraction of sp³-hybridized carbons (Fsp3) is 0.417. The number of aromatic nitrogens is 4. The van der Waals surface area contributed by atoms with Crippen LogP contribution in [-0.4, -0.2) is 61.7 Å². The lowest BCUT2D eigenvalue weighted by Crippen LogP contribution is -2.45. The van der Waals surface area contributed by atoms with Crippen LogP contribution in [0.4, 0.5) is 0 Å². The van der Waals surface area contributed by atoms with Crippen molar-refractivity contribution >= 4 is 28.8 Å². The van der Waals surface area contributed by atoms with Gasteiger partial charge in [-0.15, -0.1) is 0 Å². The maximum atomic E-state index is 13.5. The summed E-state index contributed by atoms with van der Waals surface area (Å²) in [4.78, 5) is 61.3. The second kappa shape index (κ2) is 10.4. The Morgan fingerprint density at radius 2 is 1.65 bits per heavy atom. The highest BCUT2D eigenvalue weighted by Crippen LogP contribution is 2.33. The van der Waals surface area contributed by atoms with Crippen molar-refractivity contribution in [3.63, 3.8) is 0 Å². The Labute approximate surface area is 210 Å². The molecular formula is C24H26N4O9. The van der Waals surface area contributed by atoms with Gasteiger partial charge in [-0.05, 0) is 6.07 Å². The number of hydrogen-bond donors (Lipinski definition) is 0. The van der Waals surface area contributed by atoms with Crippen molar-refractivity contribution in [2.24, 2.45) is 7.05 Å². The van der Waals surface area contributed by atoms with Crippen molar-refractivity contribution in [1.29, 1.82) is 0 Å². The molecule has 1 aliphatic heterocycles. The highest BCUT2D eigenvalue weighted by molar-refractivity contribution is 5.81. The number of benzene rings is 1. The Kier molecular flexibility index (Phi) is 7.25. The third kappa shape index (κ3) is 5.31. The van der Waals surface area contributed by atoms with Gasteiger partial charge >= 0.3 is 23.6 Å². The molecule has 2 aromatic heterocycles. The van der Waals surface area contributed by atoms with E-state index in [1.807, 2.05) is 24.3 Å². The molecule has 1 saturated heterocycles. The summed E-state index contributed by atoms with van der Waals surface area (Å²) in [6, 6.07) is 8.56. The average Bonchev–Trinajstić information content (AvgIpc) is 3.32. The summed E-state index contributed by atoms with van der Waals surface area (Å²) in [6.45, 7) is 3.05. The minimum Gasteiger partial charge on any atom is -0.463 e. The number of fused-ring (bicyclic) bond motifs is 1. The van der Waals surface area contributed by atoms with Crippen molar-refractivity contribution in [2.75, 3.05) is 6.61 Å². The fourth-order valence-electron chi connectivity index (χ4n) is 4.34. The zero-order valence-electron chi connectivity index (χ0n) is 20.7. The zero-order valence-corrected chi connectivity index (χ0v) is 20.7. The van der Waals surface area contributed by atoms with Gasteiger partial charge in [-0.25, -0.2) is 4.79 Å². The number of esters is 3. The summed E-state index contributed by atoms with van der Waals surface area (Å²) < 4.78 is 25.4. The number of aryl methyl sites for hydroxylation is 1. The van der Waals surface area contributed by atoms with Gasteiger partial charge in [-0.3, -0.25) is 33.0 Å². The van der Waals surface area contributed by atoms with Crippen LogP contribution in [0.25, 0.3) is 10.9 Å². The quantitative estimate of drug-likeness (QED) is 0.317. The average molecular weight is 514 g/mol. The Bertz CT molecular complexity index is 1470. The van der Waals surface area contributed by atoms with E-state index in [2.05, 4.69) is 5.10 Å². The highest BCUT2D eigenvalue weighted by Gasteiger charge is 2.51. The first-order valence-corrected chi connectivity index (χ1v) is 11.4. The fourth-order valence-corrected chi connectivity index (χ4v) is 4.34. The van der Waals surface area contributed by atoms with Crippen LogP contribution in [0.5, 0.6) is 0 Å². The molecule has 3 aromatic rings. The highest BCUT2D eigenvalue weighted by atomic mass is 16.7. The topological polar surface area (TPSA) is 150 Å². The Morgan fingerprint density at radius 1 is 0.973 bits per heavy atom. The van der Waals surface area contributed by atoms with Crippen LogP contribution in [0, 0.1) is 0 Å². The third-order valence-electron chi connectivity index (χ3n) is 5.85. The summed E-state index contributed by atoms with van der Waals surface area (Å²) in [7, 11) is 1.76. The lowest BCUT2D eigenvalue weighted by atomic mass is 10.1. The van der Waals surface area contributed by atoms with Gasteiger partial charge in [-0.1, -0.05) is 18.2 Å². The summed E-state index contributed by atoms with van der Waals surface area (Å²) >= 11 is 0. The van der Waals surface area contributed by atoms with Crippen molar-refractivity contribution in [3.8, 4) is 0 Å². The molecule has 0 radical (unpaired) electrons. The zero-order chi connectivity index (χ0) is 26.9. The summed E-state index contributed by atoms with van der Waals surface area (Å²) in [5, 5.41) is 5.22. The predicted octanol–water partition coefficient (Wildman–Crippen LogP) is 0.269. The van der Waals surface area contributed by atoms with E-state index < -0.39 is 53.7 Å². The summed E-state index contributed by atoms with van der Waals surface area (Å²) in [5.41, 5.74) is -0.0112. The number of rotatable bonds is 7. The normalized spacial score (nSPS) is 21.1. The molecule has 0 aliphatic carbocycles. The van der Waals surface area contributed by atoms with E-state index in [1.54, 1.807) is 11.7 Å². The van der Waals surface area contributed by atoms with Crippen molar-refractivity contribution in [1.82, 2.24) is 18.9 Å². The van der Waals surface area contributed by atoms with Gasteiger partial charge in [0.2, 0.25) is 0 Å². The van der Waals surface area contributed by atoms with Crippen molar-refractivity contribution < 1.29 is 33.3 Å². The molecule has 0 saturated carbocycles. The molecule has 1 aromatic carbocycles. The van der Waals surface area contributed by atoms with E-state index in [1.165, 1.54) is 19.2 Å². The van der Waals surface area contributed by atoms with E-state index in [0.717, 1.165) is 33.9 Å². The lowest BCUT2D eigenvalue weighted by molar-refractivity contribution is -0.166. The lowest BCUT2D eigenvalue weighted by Gasteiger charge is -2.24. The molecule has 0 spiro atoms. The monoisotopic (exact) mass is 514 g/mol. The molecule has 0 bridgehead atoms. The molecule has 13 heteroatoms. The van der Waals surface area contributed by atoms with Crippen LogP contribution in [0.2, 0.25) is 0 Å². The van der Waals surface area contributed by atoms with Crippen LogP contribution in [0.1, 0.15) is 32.7 Å². The predicted molar refractivity (Wildman–Crippen MR) is 126 cm³/mol. The van der Waals surface area contributed by atoms with E-state index >= 15 is 0 Å².